The third-order valence-corrected chi connectivity index (χ3v) is 3.30. The Balaban J connectivity index is 1.77. The molecule has 23 heavy (non-hydrogen) atoms. The van der Waals surface area contributed by atoms with Gasteiger partial charge in [0.2, 0.25) is 5.91 Å². The first-order valence-corrected chi connectivity index (χ1v) is 7.12. The number of nitrogens with zero attached hydrogens (tertiary/aromatic N) is 1. The molecule has 1 aromatic carbocycles. The lowest BCUT2D eigenvalue weighted by atomic mass is 10.2. The number of amides is 1. The number of aromatic amines is 1. The zero-order valence-electron chi connectivity index (χ0n) is 12.8. The van der Waals surface area contributed by atoms with Crippen LogP contribution in [-0.2, 0) is 17.9 Å². The summed E-state index contributed by atoms with van der Waals surface area (Å²) in [6.45, 7) is 3.73. The van der Waals surface area contributed by atoms with Crippen LogP contribution in [-0.4, -0.2) is 16.0 Å². The normalized spacial score (nSPS) is 10.9. The largest absolute Gasteiger partial charge is 0.485 e. The number of nitrogens with one attached hydrogen (secondary N) is 2. The molecule has 0 atom stereocenters. The minimum atomic E-state index is -0.392. The van der Waals surface area contributed by atoms with Gasteiger partial charge in [-0.25, -0.2) is 4.39 Å². The Bertz CT molecular complexity index is 853. The number of halogens is 1. The molecule has 0 fully saturated rings. The fourth-order valence-electron chi connectivity index (χ4n) is 2.26. The molecule has 0 aliphatic heterocycles. The summed E-state index contributed by atoms with van der Waals surface area (Å²) in [5, 5.41) is 6.88. The van der Waals surface area contributed by atoms with Crippen LogP contribution in [0.4, 0.5) is 4.39 Å². The van der Waals surface area contributed by atoms with E-state index in [9.17, 15) is 9.18 Å². The van der Waals surface area contributed by atoms with Gasteiger partial charge in [0.25, 0.3) is 0 Å². The fraction of sp³-hybridized carbons (Fsp3) is 0.250. The molecule has 0 bridgehead atoms. The van der Waals surface area contributed by atoms with Crippen LogP contribution < -0.4 is 10.1 Å². The average Bonchev–Trinajstić information content (AvgIpc) is 3.09. The minimum Gasteiger partial charge on any atom is -0.485 e. The molecule has 0 radical (unpaired) electrons. The molecule has 0 saturated carbocycles. The van der Waals surface area contributed by atoms with Crippen LogP contribution in [0.3, 0.4) is 0 Å². The van der Waals surface area contributed by atoms with Crippen molar-refractivity contribution in [1.82, 2.24) is 15.5 Å². The van der Waals surface area contributed by atoms with E-state index in [-0.39, 0.29) is 12.5 Å². The highest BCUT2D eigenvalue weighted by molar-refractivity contribution is 5.82. The topological polar surface area (TPSA) is 80.2 Å². The summed E-state index contributed by atoms with van der Waals surface area (Å²) in [4.78, 5) is 14.0. The van der Waals surface area contributed by atoms with Crippen molar-refractivity contribution in [1.29, 1.82) is 0 Å². The Morgan fingerprint density at radius 1 is 1.39 bits per heavy atom. The number of ether oxygens (including phenoxy) is 1. The van der Waals surface area contributed by atoms with Crippen LogP contribution in [0.5, 0.6) is 5.75 Å². The number of carbonyl (C=O) groups is 1. The van der Waals surface area contributed by atoms with Gasteiger partial charge in [0.1, 0.15) is 18.2 Å². The van der Waals surface area contributed by atoms with E-state index < -0.39 is 5.82 Å². The number of H-pyrrole nitrogens is 1. The second-order valence-electron chi connectivity index (χ2n) is 5.29. The number of carbonyl (C=O) groups excluding carboxylic acids is 1. The van der Waals surface area contributed by atoms with Gasteiger partial charge in [-0.1, -0.05) is 5.16 Å². The molecule has 3 rings (SSSR count). The van der Waals surface area contributed by atoms with Gasteiger partial charge >= 0.3 is 0 Å². The van der Waals surface area contributed by atoms with Crippen LogP contribution in [0.25, 0.3) is 10.9 Å². The van der Waals surface area contributed by atoms with Gasteiger partial charge in [0.05, 0.1) is 17.8 Å². The van der Waals surface area contributed by atoms with E-state index in [0.717, 1.165) is 11.4 Å². The summed E-state index contributed by atoms with van der Waals surface area (Å²) in [5.41, 5.74) is 2.09. The van der Waals surface area contributed by atoms with Crippen molar-refractivity contribution in [2.24, 2.45) is 0 Å². The lowest BCUT2D eigenvalue weighted by Gasteiger charge is -2.04. The Kier molecular flexibility index (Phi) is 4.01. The number of aryl methyl sites for hydroxylation is 1. The maximum Gasteiger partial charge on any atom is 0.217 e. The molecule has 0 saturated heterocycles. The SMILES string of the molecule is CC(=O)NCc1cc2c(F)cc(OCc3cc(C)no3)cc2[nH]1. The van der Waals surface area contributed by atoms with Crippen molar-refractivity contribution < 1.29 is 18.4 Å². The number of benzene rings is 1. The van der Waals surface area contributed by atoms with Crippen molar-refractivity contribution in [3.8, 4) is 5.75 Å². The van der Waals surface area contributed by atoms with Crippen LogP contribution in [0.15, 0.2) is 28.8 Å². The van der Waals surface area contributed by atoms with Crippen LogP contribution in [0.1, 0.15) is 24.1 Å². The number of hydrogen-bond donors (Lipinski definition) is 2. The minimum absolute atomic E-state index is 0.143. The van der Waals surface area contributed by atoms with Gasteiger partial charge in [-0.15, -0.1) is 0 Å². The molecule has 3 aromatic rings. The third kappa shape index (κ3) is 3.50. The Labute approximate surface area is 131 Å². The number of rotatable bonds is 5. The van der Waals surface area contributed by atoms with Crippen molar-refractivity contribution in [3.05, 3.63) is 47.2 Å². The lowest BCUT2D eigenvalue weighted by Crippen LogP contribution is -2.18. The van der Waals surface area contributed by atoms with Crippen molar-refractivity contribution in [2.75, 3.05) is 0 Å². The van der Waals surface area contributed by atoms with E-state index >= 15 is 0 Å². The predicted molar refractivity (Wildman–Crippen MR) is 81.3 cm³/mol. The second-order valence-corrected chi connectivity index (χ2v) is 5.29. The van der Waals surface area contributed by atoms with Gasteiger partial charge in [0.15, 0.2) is 5.76 Å². The Morgan fingerprint density at radius 3 is 2.91 bits per heavy atom. The molecule has 0 aliphatic carbocycles. The summed E-state index contributed by atoms with van der Waals surface area (Å²) in [7, 11) is 0. The molecule has 6 nitrogen and oxygen atoms in total. The summed E-state index contributed by atoms with van der Waals surface area (Å²) >= 11 is 0. The molecule has 7 heteroatoms. The lowest BCUT2D eigenvalue weighted by molar-refractivity contribution is -0.119. The van der Waals surface area contributed by atoms with Gasteiger partial charge < -0.3 is 19.6 Å². The first-order valence-electron chi connectivity index (χ1n) is 7.12. The van der Waals surface area contributed by atoms with Crippen molar-refractivity contribution >= 4 is 16.8 Å². The first-order chi connectivity index (χ1) is 11.0. The van der Waals surface area contributed by atoms with Crippen LogP contribution in [0.2, 0.25) is 0 Å². The van der Waals surface area contributed by atoms with Crippen LogP contribution in [0, 0.1) is 12.7 Å². The molecule has 2 aromatic heterocycles. The van der Waals surface area contributed by atoms with Gasteiger partial charge in [-0.05, 0) is 13.0 Å². The first kappa shape index (κ1) is 15.1. The quantitative estimate of drug-likeness (QED) is 0.758. The summed E-state index contributed by atoms with van der Waals surface area (Å²) in [6, 6.07) is 6.46. The highest BCUT2D eigenvalue weighted by atomic mass is 19.1. The van der Waals surface area contributed by atoms with E-state index in [0.29, 0.717) is 29.0 Å². The monoisotopic (exact) mass is 317 g/mol. The predicted octanol–water partition coefficient (Wildman–Crippen LogP) is 2.82. The van der Waals surface area contributed by atoms with E-state index in [1.54, 1.807) is 18.2 Å². The van der Waals surface area contributed by atoms with E-state index in [1.165, 1.54) is 13.0 Å². The Morgan fingerprint density at radius 2 is 2.22 bits per heavy atom. The summed E-state index contributed by atoms with van der Waals surface area (Å²) in [5.74, 6) is 0.421. The number of hydrogen-bond acceptors (Lipinski definition) is 4. The molecular formula is C16H16FN3O3. The molecule has 0 spiro atoms. The highest BCUT2D eigenvalue weighted by Crippen LogP contribution is 2.25. The summed E-state index contributed by atoms with van der Waals surface area (Å²) < 4.78 is 24.7. The van der Waals surface area contributed by atoms with Crippen molar-refractivity contribution in [2.45, 2.75) is 27.0 Å². The number of fused-ring (bicyclic) bond motifs is 1. The van der Waals surface area contributed by atoms with E-state index in [1.807, 2.05) is 6.92 Å². The maximum absolute atomic E-state index is 14.2. The molecule has 120 valence electrons. The fourth-order valence-corrected chi connectivity index (χ4v) is 2.26. The highest BCUT2D eigenvalue weighted by Gasteiger charge is 2.10. The van der Waals surface area contributed by atoms with Gasteiger partial charge in [-0.2, -0.15) is 0 Å². The Hall–Kier alpha value is -2.83. The van der Waals surface area contributed by atoms with Crippen LogP contribution >= 0.6 is 0 Å². The van der Waals surface area contributed by atoms with E-state index in [2.05, 4.69) is 15.5 Å². The van der Waals surface area contributed by atoms with Gasteiger partial charge in [-0.3, -0.25) is 4.79 Å². The zero-order chi connectivity index (χ0) is 16.4. The number of aromatic nitrogens is 2. The van der Waals surface area contributed by atoms with Crippen molar-refractivity contribution in [3.63, 3.8) is 0 Å². The second kappa shape index (κ2) is 6.12. The smallest absolute Gasteiger partial charge is 0.217 e. The molecule has 0 unspecified atom stereocenters. The molecule has 1 amide bonds. The molecule has 2 N–H and O–H groups in total. The average molecular weight is 317 g/mol. The third-order valence-electron chi connectivity index (χ3n) is 3.30. The maximum atomic E-state index is 14.2. The standard InChI is InChI=1S/C16H16FN3O3/c1-9-3-13(23-20-9)8-22-12-5-15(17)14-4-11(7-18-10(2)21)19-16(14)6-12/h3-6,19H,7-8H2,1-2H3,(H,18,21). The zero-order valence-corrected chi connectivity index (χ0v) is 12.8. The summed E-state index contributed by atoms with van der Waals surface area (Å²) in [6.07, 6.45) is 0. The van der Waals surface area contributed by atoms with E-state index in [4.69, 9.17) is 9.26 Å². The molecule has 2 heterocycles. The van der Waals surface area contributed by atoms with Gasteiger partial charge in [0, 0.05) is 36.2 Å². The molecule has 0 aliphatic rings. The molecular weight excluding hydrogens is 301 g/mol.